The third kappa shape index (κ3) is 4.32. The first-order chi connectivity index (χ1) is 9.70. The van der Waals surface area contributed by atoms with Crippen molar-refractivity contribution >= 4 is 17.5 Å². The van der Waals surface area contributed by atoms with Crippen LogP contribution in [0.4, 0.5) is 5.69 Å². The summed E-state index contributed by atoms with van der Waals surface area (Å²) in [7, 11) is 0. The van der Waals surface area contributed by atoms with Gasteiger partial charge in [-0.25, -0.2) is 0 Å². The molecular weight excluding hydrogens is 258 g/mol. The van der Waals surface area contributed by atoms with Gasteiger partial charge in [-0.1, -0.05) is 12.1 Å². The molecule has 0 atom stereocenters. The molecule has 20 heavy (non-hydrogen) atoms. The summed E-state index contributed by atoms with van der Waals surface area (Å²) in [6.07, 6.45) is 2.04. The van der Waals surface area contributed by atoms with Crippen molar-refractivity contribution in [2.45, 2.75) is 18.9 Å². The molecule has 1 saturated carbocycles. The van der Waals surface area contributed by atoms with Gasteiger partial charge in [0.15, 0.2) is 0 Å². The van der Waals surface area contributed by atoms with Gasteiger partial charge in [-0.05, 0) is 25.0 Å². The summed E-state index contributed by atoms with van der Waals surface area (Å²) in [6.45, 7) is 0.626. The molecule has 1 aromatic carbocycles. The van der Waals surface area contributed by atoms with Crippen LogP contribution in [0.5, 0.6) is 0 Å². The molecule has 108 valence electrons. The van der Waals surface area contributed by atoms with Crippen molar-refractivity contribution in [2.75, 3.05) is 25.1 Å². The van der Waals surface area contributed by atoms with Gasteiger partial charge < -0.3 is 21.1 Å². The number of ether oxygens (including phenoxy) is 1. The molecule has 2 rings (SSSR count). The number of anilines is 1. The maximum absolute atomic E-state index is 12.0. The van der Waals surface area contributed by atoms with Crippen molar-refractivity contribution < 1.29 is 14.3 Å². The van der Waals surface area contributed by atoms with Crippen LogP contribution in [0.25, 0.3) is 0 Å². The minimum atomic E-state index is -0.301. The van der Waals surface area contributed by atoms with Crippen LogP contribution in [-0.4, -0.2) is 37.6 Å². The highest BCUT2D eigenvalue weighted by Gasteiger charge is 2.24. The number of hydrogen-bond acceptors (Lipinski definition) is 4. The Hall–Kier alpha value is -1.92. The van der Waals surface area contributed by atoms with E-state index in [1.165, 1.54) is 0 Å². The van der Waals surface area contributed by atoms with Crippen LogP contribution in [0, 0.1) is 0 Å². The van der Waals surface area contributed by atoms with Crippen molar-refractivity contribution in [3.05, 3.63) is 29.8 Å². The summed E-state index contributed by atoms with van der Waals surface area (Å²) >= 11 is 0. The lowest BCUT2D eigenvalue weighted by Gasteiger charge is -2.11. The van der Waals surface area contributed by atoms with Crippen LogP contribution in [0.3, 0.4) is 0 Å². The van der Waals surface area contributed by atoms with Gasteiger partial charge in [0.2, 0.25) is 5.91 Å². The molecule has 0 saturated heterocycles. The van der Waals surface area contributed by atoms with Gasteiger partial charge in [0.05, 0.1) is 17.9 Å². The Bertz CT molecular complexity index is 486. The lowest BCUT2D eigenvalue weighted by molar-refractivity contribution is -0.120. The van der Waals surface area contributed by atoms with E-state index in [1.807, 2.05) is 0 Å². The van der Waals surface area contributed by atoms with Crippen LogP contribution in [0.1, 0.15) is 23.2 Å². The first kappa shape index (κ1) is 14.5. The molecule has 2 amide bonds. The van der Waals surface area contributed by atoms with Gasteiger partial charge >= 0.3 is 0 Å². The van der Waals surface area contributed by atoms with Crippen LogP contribution >= 0.6 is 0 Å². The number of nitrogens with one attached hydrogen (secondary N) is 2. The zero-order valence-electron chi connectivity index (χ0n) is 11.2. The Labute approximate surface area is 117 Å². The molecule has 0 aliphatic heterocycles. The number of carbonyl (C=O) groups is 2. The van der Waals surface area contributed by atoms with Crippen LogP contribution in [-0.2, 0) is 9.53 Å². The van der Waals surface area contributed by atoms with E-state index < -0.39 is 0 Å². The summed E-state index contributed by atoms with van der Waals surface area (Å²) in [5.74, 6) is -0.462. The molecule has 0 bridgehead atoms. The maximum atomic E-state index is 12.0. The molecule has 6 heteroatoms. The molecule has 0 radical (unpaired) electrons. The zero-order chi connectivity index (χ0) is 14.4. The zero-order valence-corrected chi connectivity index (χ0v) is 11.2. The van der Waals surface area contributed by atoms with E-state index in [2.05, 4.69) is 10.6 Å². The van der Waals surface area contributed by atoms with Crippen LogP contribution in [0.15, 0.2) is 24.3 Å². The second kappa shape index (κ2) is 7.02. The highest BCUT2D eigenvalue weighted by atomic mass is 16.5. The normalized spacial score (nSPS) is 13.8. The molecule has 0 unspecified atom stereocenters. The van der Waals surface area contributed by atoms with Crippen molar-refractivity contribution in [1.29, 1.82) is 0 Å². The number of rotatable bonds is 7. The van der Waals surface area contributed by atoms with Gasteiger partial charge in [-0.3, -0.25) is 9.59 Å². The summed E-state index contributed by atoms with van der Waals surface area (Å²) in [4.78, 5) is 23.7. The molecule has 0 heterocycles. The van der Waals surface area contributed by atoms with E-state index in [9.17, 15) is 9.59 Å². The Morgan fingerprint density at radius 3 is 2.75 bits per heavy atom. The Morgan fingerprint density at radius 2 is 2.05 bits per heavy atom. The SMILES string of the molecule is NCCOCC(=O)Nc1ccccc1C(=O)NC1CC1. The molecule has 1 fully saturated rings. The minimum absolute atomic E-state index is 0.0736. The molecule has 0 spiro atoms. The van der Waals surface area contributed by atoms with E-state index in [1.54, 1.807) is 24.3 Å². The average molecular weight is 277 g/mol. The first-order valence-corrected chi connectivity index (χ1v) is 6.68. The summed E-state index contributed by atoms with van der Waals surface area (Å²) < 4.78 is 5.05. The Morgan fingerprint density at radius 1 is 1.30 bits per heavy atom. The predicted octanol–water partition coefficient (Wildman–Crippen LogP) is 0.493. The quantitative estimate of drug-likeness (QED) is 0.632. The fraction of sp³-hybridized carbons (Fsp3) is 0.429. The molecule has 1 aromatic rings. The van der Waals surface area contributed by atoms with Crippen molar-refractivity contribution in [3.63, 3.8) is 0 Å². The Balaban J connectivity index is 1.95. The molecule has 6 nitrogen and oxygen atoms in total. The van der Waals surface area contributed by atoms with E-state index in [0.29, 0.717) is 24.4 Å². The standard InChI is InChI=1S/C14H19N3O3/c15-7-8-20-9-13(18)17-12-4-2-1-3-11(12)14(19)16-10-5-6-10/h1-4,10H,5-9,15H2,(H,16,19)(H,17,18). The molecule has 1 aliphatic carbocycles. The fourth-order valence-electron chi connectivity index (χ4n) is 1.72. The Kier molecular flexibility index (Phi) is 5.09. The second-order valence-electron chi connectivity index (χ2n) is 4.68. The van der Waals surface area contributed by atoms with Crippen molar-refractivity contribution in [1.82, 2.24) is 5.32 Å². The molecule has 0 aromatic heterocycles. The smallest absolute Gasteiger partial charge is 0.253 e. The minimum Gasteiger partial charge on any atom is -0.370 e. The molecule has 1 aliphatic rings. The topological polar surface area (TPSA) is 93.4 Å². The van der Waals surface area contributed by atoms with Gasteiger partial charge in [0.25, 0.3) is 5.91 Å². The summed E-state index contributed by atoms with van der Waals surface area (Å²) in [5, 5.41) is 5.58. The van der Waals surface area contributed by atoms with Gasteiger partial charge in [0.1, 0.15) is 6.61 Å². The van der Waals surface area contributed by atoms with Gasteiger partial charge in [0, 0.05) is 12.6 Å². The second-order valence-corrected chi connectivity index (χ2v) is 4.68. The molecule has 4 N–H and O–H groups in total. The summed E-state index contributed by atoms with van der Waals surface area (Å²) in [5.41, 5.74) is 6.23. The van der Waals surface area contributed by atoms with E-state index in [4.69, 9.17) is 10.5 Å². The number of carbonyl (C=O) groups excluding carboxylic acids is 2. The predicted molar refractivity (Wildman–Crippen MR) is 75.4 cm³/mol. The molecular formula is C14H19N3O3. The van der Waals surface area contributed by atoms with Crippen molar-refractivity contribution in [3.8, 4) is 0 Å². The van der Waals surface area contributed by atoms with Crippen LogP contribution < -0.4 is 16.4 Å². The lowest BCUT2D eigenvalue weighted by Crippen LogP contribution is -2.27. The third-order valence-electron chi connectivity index (χ3n) is 2.85. The average Bonchev–Trinajstić information content (AvgIpc) is 3.23. The largest absolute Gasteiger partial charge is 0.370 e. The number of para-hydroxylation sites is 1. The van der Waals surface area contributed by atoms with E-state index in [0.717, 1.165) is 12.8 Å². The lowest BCUT2D eigenvalue weighted by atomic mass is 10.1. The van der Waals surface area contributed by atoms with Crippen LogP contribution in [0.2, 0.25) is 0 Å². The van der Waals surface area contributed by atoms with Gasteiger partial charge in [-0.2, -0.15) is 0 Å². The number of amides is 2. The van der Waals surface area contributed by atoms with Gasteiger partial charge in [-0.15, -0.1) is 0 Å². The van der Waals surface area contributed by atoms with E-state index >= 15 is 0 Å². The monoisotopic (exact) mass is 277 g/mol. The maximum Gasteiger partial charge on any atom is 0.253 e. The number of nitrogens with two attached hydrogens (primary N) is 1. The summed E-state index contributed by atoms with van der Waals surface area (Å²) in [6, 6.07) is 7.20. The fourth-order valence-corrected chi connectivity index (χ4v) is 1.72. The van der Waals surface area contributed by atoms with Crippen molar-refractivity contribution in [2.24, 2.45) is 5.73 Å². The highest BCUT2D eigenvalue weighted by molar-refractivity contribution is 6.04. The first-order valence-electron chi connectivity index (χ1n) is 6.68. The highest BCUT2D eigenvalue weighted by Crippen LogP contribution is 2.21. The number of hydrogen-bond donors (Lipinski definition) is 3. The number of benzene rings is 1. The third-order valence-corrected chi connectivity index (χ3v) is 2.85. The van der Waals surface area contributed by atoms with E-state index in [-0.39, 0.29) is 24.5 Å².